The largest absolute Gasteiger partial charge is 0.444 e. The highest BCUT2D eigenvalue weighted by Crippen LogP contribution is 2.12. The van der Waals surface area contributed by atoms with Gasteiger partial charge >= 0.3 is 6.09 Å². The number of rotatable bonds is 7. The number of nitrogens with zero attached hydrogens (tertiary/aromatic N) is 3. The lowest BCUT2D eigenvalue weighted by Crippen LogP contribution is -2.44. The molecule has 0 aliphatic carbocycles. The van der Waals surface area contributed by atoms with Crippen molar-refractivity contribution in [2.75, 3.05) is 46.0 Å². The summed E-state index contributed by atoms with van der Waals surface area (Å²) in [6, 6.07) is 0.0132. The number of hydrogen-bond acceptors (Lipinski definition) is 5. The molecule has 27 heavy (non-hydrogen) atoms. The second-order valence-electron chi connectivity index (χ2n) is 7.63. The lowest BCUT2D eigenvalue weighted by molar-refractivity contribution is 0.0507. The Labute approximate surface area is 163 Å². The third kappa shape index (κ3) is 8.34. The van der Waals surface area contributed by atoms with Crippen LogP contribution in [-0.2, 0) is 14.8 Å². The van der Waals surface area contributed by atoms with E-state index in [9.17, 15) is 13.2 Å². The van der Waals surface area contributed by atoms with Crippen LogP contribution in [0.1, 0.15) is 40.5 Å². The fourth-order valence-corrected chi connectivity index (χ4v) is 3.59. The molecule has 158 valence electrons. The van der Waals surface area contributed by atoms with Gasteiger partial charge in [-0.2, -0.15) is 0 Å². The number of amides is 1. The Morgan fingerprint density at radius 2 is 2.04 bits per heavy atom. The molecule has 0 aromatic carbocycles. The van der Waals surface area contributed by atoms with Gasteiger partial charge in [-0.3, -0.25) is 4.99 Å². The monoisotopic (exact) mass is 405 g/mol. The van der Waals surface area contributed by atoms with Crippen LogP contribution in [0.4, 0.5) is 4.79 Å². The first-order valence-corrected chi connectivity index (χ1v) is 11.0. The number of guanidine groups is 1. The van der Waals surface area contributed by atoms with E-state index >= 15 is 0 Å². The van der Waals surface area contributed by atoms with Crippen LogP contribution in [0.15, 0.2) is 4.99 Å². The molecule has 10 heteroatoms. The van der Waals surface area contributed by atoms with Crippen LogP contribution < -0.4 is 10.6 Å². The quantitative estimate of drug-likeness (QED) is 0.369. The van der Waals surface area contributed by atoms with Crippen molar-refractivity contribution in [3.63, 3.8) is 0 Å². The second kappa shape index (κ2) is 10.1. The van der Waals surface area contributed by atoms with Crippen molar-refractivity contribution < 1.29 is 17.9 Å². The Morgan fingerprint density at radius 3 is 2.59 bits per heavy atom. The van der Waals surface area contributed by atoms with Gasteiger partial charge in [0.25, 0.3) is 0 Å². The van der Waals surface area contributed by atoms with Crippen molar-refractivity contribution in [2.45, 2.75) is 52.2 Å². The number of nitrogens with one attached hydrogen (secondary N) is 2. The zero-order valence-electron chi connectivity index (χ0n) is 17.4. The van der Waals surface area contributed by atoms with Crippen molar-refractivity contribution in [1.82, 2.24) is 19.8 Å². The van der Waals surface area contributed by atoms with Gasteiger partial charge in [0.2, 0.25) is 10.0 Å². The normalized spacial score (nSPS) is 18.7. The average Bonchev–Trinajstić information content (AvgIpc) is 3.00. The van der Waals surface area contributed by atoms with Crippen LogP contribution in [0, 0.1) is 0 Å². The molecule has 1 aliphatic heterocycles. The molecule has 1 atom stereocenters. The SMILES string of the molecule is CCS(=O)(=O)N(C)CCCNC(=NC)N1CCC(NC(=O)OC(C)(C)C)C1. The maximum atomic E-state index is 11.9. The molecule has 1 heterocycles. The van der Waals surface area contributed by atoms with E-state index in [4.69, 9.17) is 4.74 Å². The minimum Gasteiger partial charge on any atom is -0.444 e. The summed E-state index contributed by atoms with van der Waals surface area (Å²) in [6.07, 6.45) is 1.09. The number of alkyl carbamates (subject to hydrolysis) is 1. The molecule has 0 radical (unpaired) electrons. The first-order valence-electron chi connectivity index (χ1n) is 9.37. The lowest BCUT2D eigenvalue weighted by atomic mass is 10.2. The Hall–Kier alpha value is -1.55. The van der Waals surface area contributed by atoms with E-state index in [1.807, 2.05) is 20.8 Å². The van der Waals surface area contributed by atoms with E-state index in [1.165, 1.54) is 4.31 Å². The Morgan fingerprint density at radius 1 is 1.37 bits per heavy atom. The predicted octanol–water partition coefficient (Wildman–Crippen LogP) is 0.832. The number of aliphatic imine (C=N–C) groups is 1. The minimum atomic E-state index is -3.14. The number of ether oxygens (including phenoxy) is 1. The second-order valence-corrected chi connectivity index (χ2v) is 9.99. The topological polar surface area (TPSA) is 103 Å². The fourth-order valence-electron chi connectivity index (χ4n) is 2.74. The Bertz CT molecular complexity index is 615. The molecule has 1 amide bonds. The van der Waals surface area contributed by atoms with Crippen molar-refractivity contribution in [3.8, 4) is 0 Å². The highest BCUT2D eigenvalue weighted by Gasteiger charge is 2.27. The van der Waals surface area contributed by atoms with Gasteiger partial charge in [0, 0.05) is 40.3 Å². The smallest absolute Gasteiger partial charge is 0.407 e. The molecule has 2 N–H and O–H groups in total. The van der Waals surface area contributed by atoms with E-state index in [0.29, 0.717) is 26.1 Å². The molecule has 1 rings (SSSR count). The van der Waals surface area contributed by atoms with Crippen molar-refractivity contribution in [3.05, 3.63) is 0 Å². The maximum absolute atomic E-state index is 11.9. The zero-order valence-corrected chi connectivity index (χ0v) is 18.2. The Kier molecular flexibility index (Phi) is 8.80. The highest BCUT2D eigenvalue weighted by molar-refractivity contribution is 7.89. The van der Waals surface area contributed by atoms with E-state index < -0.39 is 21.7 Å². The summed E-state index contributed by atoms with van der Waals surface area (Å²) in [6.45, 7) is 9.67. The zero-order chi connectivity index (χ0) is 20.7. The van der Waals surface area contributed by atoms with Crippen LogP contribution in [0.25, 0.3) is 0 Å². The first kappa shape index (κ1) is 23.5. The summed E-state index contributed by atoms with van der Waals surface area (Å²) in [7, 11) is 0.172. The standard InChI is InChI=1S/C17H35N5O4S/c1-7-27(24,25)21(6)11-8-10-19-15(18-5)22-12-9-14(13-22)20-16(23)26-17(2,3)4/h14H,7-13H2,1-6H3,(H,18,19)(H,20,23). The summed E-state index contributed by atoms with van der Waals surface area (Å²) >= 11 is 0. The molecular weight excluding hydrogens is 370 g/mol. The maximum Gasteiger partial charge on any atom is 0.407 e. The van der Waals surface area contributed by atoms with Gasteiger partial charge in [0.1, 0.15) is 5.60 Å². The third-order valence-electron chi connectivity index (χ3n) is 4.19. The van der Waals surface area contributed by atoms with Crippen molar-refractivity contribution in [1.29, 1.82) is 0 Å². The molecule has 1 unspecified atom stereocenters. The summed E-state index contributed by atoms with van der Waals surface area (Å²) in [4.78, 5) is 18.2. The van der Waals surface area contributed by atoms with E-state index in [1.54, 1.807) is 21.0 Å². The predicted molar refractivity (Wildman–Crippen MR) is 107 cm³/mol. The molecule has 0 aromatic heterocycles. The van der Waals surface area contributed by atoms with Crippen LogP contribution >= 0.6 is 0 Å². The van der Waals surface area contributed by atoms with Gasteiger partial charge in [-0.1, -0.05) is 0 Å². The summed E-state index contributed by atoms with van der Waals surface area (Å²) in [5.41, 5.74) is -0.515. The molecule has 0 aromatic rings. The van der Waals surface area contributed by atoms with Gasteiger partial charge in [-0.15, -0.1) is 0 Å². The molecular formula is C17H35N5O4S. The van der Waals surface area contributed by atoms with Crippen LogP contribution in [0.3, 0.4) is 0 Å². The van der Waals surface area contributed by atoms with E-state index in [-0.39, 0.29) is 11.8 Å². The van der Waals surface area contributed by atoms with Gasteiger partial charge < -0.3 is 20.3 Å². The van der Waals surface area contributed by atoms with Crippen molar-refractivity contribution in [2.24, 2.45) is 4.99 Å². The molecule has 1 saturated heterocycles. The van der Waals surface area contributed by atoms with Crippen LogP contribution in [0.5, 0.6) is 0 Å². The Balaban J connectivity index is 2.38. The minimum absolute atomic E-state index is 0.0132. The molecule has 0 bridgehead atoms. The molecule has 1 fully saturated rings. The summed E-state index contributed by atoms with van der Waals surface area (Å²) in [5, 5.41) is 6.15. The van der Waals surface area contributed by atoms with Crippen molar-refractivity contribution >= 4 is 22.1 Å². The van der Waals surface area contributed by atoms with Crippen LogP contribution in [0.2, 0.25) is 0 Å². The summed E-state index contributed by atoms with van der Waals surface area (Å²) < 4.78 is 30.1. The molecule has 9 nitrogen and oxygen atoms in total. The van der Waals surface area contributed by atoms with Crippen LogP contribution in [-0.4, -0.2) is 87.3 Å². The molecule has 0 saturated carbocycles. The van der Waals surface area contributed by atoms with Gasteiger partial charge in [-0.05, 0) is 40.5 Å². The first-order chi connectivity index (χ1) is 12.5. The number of hydrogen-bond donors (Lipinski definition) is 2. The molecule has 0 spiro atoms. The number of carbonyl (C=O) groups excluding carboxylic acids is 1. The summed E-state index contributed by atoms with van der Waals surface area (Å²) in [5.74, 6) is 0.864. The van der Waals surface area contributed by atoms with Gasteiger partial charge in [-0.25, -0.2) is 17.5 Å². The number of likely N-dealkylation sites (tertiary alicyclic amines) is 1. The number of carbonyl (C=O) groups is 1. The fraction of sp³-hybridized carbons (Fsp3) is 0.882. The van der Waals surface area contributed by atoms with Gasteiger partial charge in [0.05, 0.1) is 11.8 Å². The third-order valence-corrected chi connectivity index (χ3v) is 6.05. The van der Waals surface area contributed by atoms with E-state index in [2.05, 4.69) is 20.5 Å². The van der Waals surface area contributed by atoms with Gasteiger partial charge in [0.15, 0.2) is 5.96 Å². The average molecular weight is 406 g/mol. The lowest BCUT2D eigenvalue weighted by Gasteiger charge is -2.23. The highest BCUT2D eigenvalue weighted by atomic mass is 32.2. The number of sulfonamides is 1. The molecule has 1 aliphatic rings. The van der Waals surface area contributed by atoms with E-state index in [0.717, 1.165) is 18.9 Å².